The molecule has 1 unspecified atom stereocenters. The van der Waals surface area contributed by atoms with Crippen molar-refractivity contribution in [3.05, 3.63) is 39.1 Å². The molecule has 1 aromatic heterocycles. The van der Waals surface area contributed by atoms with E-state index in [1.54, 1.807) is 23.5 Å². The molecule has 1 aromatic carbocycles. The standard InChI is InChI=1S/C14H17BrFN3S/c1-8(2)6-13-18-19-14(20-13)17-9(3)10-4-5-12(16)11(15)7-10/h4-5,7-9H,6H2,1-3H3,(H,17,19). The molecular formula is C14H17BrFN3S. The highest BCUT2D eigenvalue weighted by atomic mass is 79.9. The average molecular weight is 358 g/mol. The average Bonchev–Trinajstić information content (AvgIpc) is 2.79. The maximum atomic E-state index is 13.2. The van der Waals surface area contributed by atoms with E-state index in [4.69, 9.17) is 0 Å². The maximum Gasteiger partial charge on any atom is 0.206 e. The van der Waals surface area contributed by atoms with Crippen molar-refractivity contribution < 1.29 is 4.39 Å². The molecule has 0 aliphatic heterocycles. The first kappa shape index (κ1) is 15.4. The van der Waals surface area contributed by atoms with E-state index >= 15 is 0 Å². The van der Waals surface area contributed by atoms with Crippen LogP contribution in [0.3, 0.4) is 0 Å². The smallest absolute Gasteiger partial charge is 0.206 e. The van der Waals surface area contributed by atoms with Crippen molar-refractivity contribution in [2.75, 3.05) is 5.32 Å². The molecule has 108 valence electrons. The predicted molar refractivity (Wildman–Crippen MR) is 84.6 cm³/mol. The van der Waals surface area contributed by atoms with Crippen LogP contribution in [-0.2, 0) is 6.42 Å². The van der Waals surface area contributed by atoms with Crippen LogP contribution >= 0.6 is 27.3 Å². The molecule has 0 saturated carbocycles. The van der Waals surface area contributed by atoms with Crippen LogP contribution in [0, 0.1) is 11.7 Å². The number of hydrogen-bond donors (Lipinski definition) is 1. The quantitative estimate of drug-likeness (QED) is 0.833. The van der Waals surface area contributed by atoms with Gasteiger partial charge in [-0.05, 0) is 46.5 Å². The summed E-state index contributed by atoms with van der Waals surface area (Å²) in [6.07, 6.45) is 0.940. The molecule has 2 rings (SSSR count). The Morgan fingerprint density at radius 1 is 1.30 bits per heavy atom. The summed E-state index contributed by atoms with van der Waals surface area (Å²) < 4.78 is 13.7. The fourth-order valence-electron chi connectivity index (χ4n) is 1.79. The van der Waals surface area contributed by atoms with E-state index in [0.717, 1.165) is 22.1 Å². The minimum atomic E-state index is -0.254. The van der Waals surface area contributed by atoms with E-state index < -0.39 is 0 Å². The monoisotopic (exact) mass is 357 g/mol. The minimum absolute atomic E-state index is 0.0479. The molecule has 0 aliphatic carbocycles. The highest BCUT2D eigenvalue weighted by molar-refractivity contribution is 9.10. The van der Waals surface area contributed by atoms with Gasteiger partial charge in [0, 0.05) is 6.42 Å². The zero-order valence-corrected chi connectivity index (χ0v) is 14.1. The van der Waals surface area contributed by atoms with Gasteiger partial charge in [-0.1, -0.05) is 31.3 Å². The summed E-state index contributed by atoms with van der Waals surface area (Å²) in [5.74, 6) is 0.317. The van der Waals surface area contributed by atoms with Gasteiger partial charge in [-0.25, -0.2) is 4.39 Å². The number of rotatable bonds is 5. The van der Waals surface area contributed by atoms with Crippen molar-refractivity contribution in [3.8, 4) is 0 Å². The zero-order chi connectivity index (χ0) is 14.7. The number of halogens is 2. The second-order valence-corrected chi connectivity index (χ2v) is 7.05. The second kappa shape index (κ2) is 6.63. The van der Waals surface area contributed by atoms with Crippen LogP contribution in [0.4, 0.5) is 9.52 Å². The van der Waals surface area contributed by atoms with E-state index in [1.165, 1.54) is 6.07 Å². The van der Waals surface area contributed by atoms with E-state index in [1.807, 2.05) is 6.92 Å². The summed E-state index contributed by atoms with van der Waals surface area (Å²) in [5.41, 5.74) is 0.999. The topological polar surface area (TPSA) is 37.8 Å². The molecule has 0 bridgehead atoms. The molecule has 0 saturated heterocycles. The first-order chi connectivity index (χ1) is 9.45. The molecule has 3 nitrogen and oxygen atoms in total. The lowest BCUT2D eigenvalue weighted by Gasteiger charge is -2.13. The Morgan fingerprint density at radius 3 is 2.70 bits per heavy atom. The molecule has 0 amide bonds. The lowest BCUT2D eigenvalue weighted by molar-refractivity contribution is 0.619. The number of aromatic nitrogens is 2. The molecule has 6 heteroatoms. The Morgan fingerprint density at radius 2 is 2.05 bits per heavy atom. The van der Waals surface area contributed by atoms with Gasteiger partial charge in [0.05, 0.1) is 10.5 Å². The number of hydrogen-bond acceptors (Lipinski definition) is 4. The molecule has 0 aliphatic rings. The van der Waals surface area contributed by atoms with Crippen molar-refractivity contribution in [1.82, 2.24) is 10.2 Å². The lowest BCUT2D eigenvalue weighted by Crippen LogP contribution is -2.06. The Labute approximate surface area is 130 Å². The third-order valence-electron chi connectivity index (χ3n) is 2.83. The van der Waals surface area contributed by atoms with Crippen LogP contribution in [-0.4, -0.2) is 10.2 Å². The van der Waals surface area contributed by atoms with E-state index in [0.29, 0.717) is 10.4 Å². The van der Waals surface area contributed by atoms with Crippen molar-refractivity contribution >= 4 is 32.4 Å². The van der Waals surface area contributed by atoms with Gasteiger partial charge in [0.25, 0.3) is 0 Å². The van der Waals surface area contributed by atoms with Crippen LogP contribution in [0.5, 0.6) is 0 Å². The van der Waals surface area contributed by atoms with Crippen LogP contribution in [0.25, 0.3) is 0 Å². The Balaban J connectivity index is 2.05. The summed E-state index contributed by atoms with van der Waals surface area (Å²) in [6.45, 7) is 6.34. The summed E-state index contributed by atoms with van der Waals surface area (Å²) in [7, 11) is 0. The van der Waals surface area contributed by atoms with Gasteiger partial charge in [-0.3, -0.25) is 0 Å². The fourth-order valence-corrected chi connectivity index (χ4v) is 3.23. The molecule has 1 heterocycles. The number of nitrogens with zero attached hydrogens (tertiary/aromatic N) is 2. The Hall–Kier alpha value is -1.01. The van der Waals surface area contributed by atoms with Crippen LogP contribution < -0.4 is 5.32 Å². The summed E-state index contributed by atoms with van der Waals surface area (Å²) in [5, 5.41) is 13.5. The van der Waals surface area contributed by atoms with Crippen LogP contribution in [0.1, 0.15) is 37.4 Å². The minimum Gasteiger partial charge on any atom is -0.354 e. The largest absolute Gasteiger partial charge is 0.354 e. The fraction of sp³-hybridized carbons (Fsp3) is 0.429. The van der Waals surface area contributed by atoms with Gasteiger partial charge in [0.2, 0.25) is 5.13 Å². The Kier molecular flexibility index (Phi) is 5.10. The van der Waals surface area contributed by atoms with Crippen molar-refractivity contribution in [1.29, 1.82) is 0 Å². The zero-order valence-electron chi connectivity index (χ0n) is 11.7. The highest BCUT2D eigenvalue weighted by Crippen LogP contribution is 2.26. The van der Waals surface area contributed by atoms with Crippen molar-refractivity contribution in [2.24, 2.45) is 5.92 Å². The predicted octanol–water partition coefficient (Wildman–Crippen LogP) is 4.81. The van der Waals surface area contributed by atoms with E-state index in [9.17, 15) is 4.39 Å². The van der Waals surface area contributed by atoms with Gasteiger partial charge < -0.3 is 5.32 Å². The van der Waals surface area contributed by atoms with Gasteiger partial charge >= 0.3 is 0 Å². The molecule has 1 atom stereocenters. The molecule has 0 fully saturated rings. The van der Waals surface area contributed by atoms with E-state index in [2.05, 4.69) is 45.3 Å². The number of anilines is 1. The third-order valence-corrected chi connectivity index (χ3v) is 4.32. The summed E-state index contributed by atoms with van der Waals surface area (Å²) >= 11 is 4.78. The van der Waals surface area contributed by atoms with Crippen LogP contribution in [0.15, 0.2) is 22.7 Å². The Bertz CT molecular complexity index is 586. The third kappa shape index (κ3) is 3.99. The SMILES string of the molecule is CC(C)Cc1nnc(NC(C)c2ccc(F)c(Br)c2)s1. The van der Waals surface area contributed by atoms with E-state index in [-0.39, 0.29) is 11.9 Å². The summed E-state index contributed by atoms with van der Waals surface area (Å²) in [4.78, 5) is 0. The molecule has 2 aromatic rings. The summed E-state index contributed by atoms with van der Waals surface area (Å²) in [6, 6.07) is 5.06. The second-order valence-electron chi connectivity index (χ2n) is 5.14. The normalized spacial score (nSPS) is 12.7. The molecular weight excluding hydrogens is 341 g/mol. The molecule has 0 spiro atoms. The van der Waals surface area contributed by atoms with Crippen molar-refractivity contribution in [3.63, 3.8) is 0 Å². The molecule has 20 heavy (non-hydrogen) atoms. The first-order valence-electron chi connectivity index (χ1n) is 6.49. The van der Waals surface area contributed by atoms with Gasteiger partial charge in [0.15, 0.2) is 0 Å². The number of nitrogens with one attached hydrogen (secondary N) is 1. The van der Waals surface area contributed by atoms with Gasteiger partial charge in [0.1, 0.15) is 10.8 Å². The first-order valence-corrected chi connectivity index (χ1v) is 8.10. The molecule has 1 N–H and O–H groups in total. The number of benzene rings is 1. The lowest BCUT2D eigenvalue weighted by atomic mass is 10.1. The van der Waals surface area contributed by atoms with Gasteiger partial charge in [-0.15, -0.1) is 10.2 Å². The highest BCUT2D eigenvalue weighted by Gasteiger charge is 2.11. The molecule has 0 radical (unpaired) electrons. The maximum absolute atomic E-state index is 13.2. The van der Waals surface area contributed by atoms with Crippen LogP contribution in [0.2, 0.25) is 0 Å². The van der Waals surface area contributed by atoms with Gasteiger partial charge in [-0.2, -0.15) is 0 Å². The van der Waals surface area contributed by atoms with Crippen molar-refractivity contribution in [2.45, 2.75) is 33.2 Å².